The van der Waals surface area contributed by atoms with Crippen LogP contribution in [0.1, 0.15) is 5.56 Å². The molecule has 1 aliphatic rings. The van der Waals surface area contributed by atoms with E-state index in [-0.39, 0.29) is 11.9 Å². The highest BCUT2D eigenvalue weighted by Gasteiger charge is 2.21. The van der Waals surface area contributed by atoms with E-state index in [1.165, 1.54) is 0 Å². The van der Waals surface area contributed by atoms with E-state index in [0.29, 0.717) is 13.2 Å². The van der Waals surface area contributed by atoms with Gasteiger partial charge in [-0.1, -0.05) is 18.2 Å². The smallest absolute Gasteiger partial charge is 0.243 e. The van der Waals surface area contributed by atoms with Crippen molar-refractivity contribution in [2.45, 2.75) is 13.0 Å². The summed E-state index contributed by atoms with van der Waals surface area (Å²) in [5.41, 5.74) is 1.92. The van der Waals surface area contributed by atoms with Gasteiger partial charge < -0.3 is 15.4 Å². The van der Waals surface area contributed by atoms with Gasteiger partial charge in [0.15, 0.2) is 0 Å². The van der Waals surface area contributed by atoms with Crippen LogP contribution in [0.25, 0.3) is 0 Å². The van der Waals surface area contributed by atoms with Crippen LogP contribution in [0.15, 0.2) is 24.3 Å². The van der Waals surface area contributed by atoms with Gasteiger partial charge in [-0.05, 0) is 18.6 Å². The lowest BCUT2D eigenvalue weighted by Crippen LogP contribution is -2.48. The van der Waals surface area contributed by atoms with Gasteiger partial charge in [0.05, 0.1) is 13.2 Å². The van der Waals surface area contributed by atoms with Crippen LogP contribution >= 0.6 is 0 Å². The number of ether oxygens (including phenoxy) is 1. The van der Waals surface area contributed by atoms with Crippen LogP contribution in [0.4, 0.5) is 5.69 Å². The number of aryl methyl sites for hydroxylation is 1. The Balaban J connectivity index is 1.99. The molecule has 4 nitrogen and oxygen atoms in total. The summed E-state index contributed by atoms with van der Waals surface area (Å²) >= 11 is 0. The Bertz CT molecular complexity index is 373. The summed E-state index contributed by atoms with van der Waals surface area (Å²) in [7, 11) is 0. The molecule has 16 heavy (non-hydrogen) atoms. The van der Waals surface area contributed by atoms with Gasteiger partial charge in [-0.3, -0.25) is 4.79 Å². The molecule has 0 aromatic heterocycles. The van der Waals surface area contributed by atoms with Crippen LogP contribution in [0, 0.1) is 6.92 Å². The number of carbonyl (C=O) groups is 1. The zero-order valence-electron chi connectivity index (χ0n) is 9.32. The minimum absolute atomic E-state index is 0.0333. The average molecular weight is 220 g/mol. The molecule has 1 amide bonds. The van der Waals surface area contributed by atoms with Gasteiger partial charge in [0.2, 0.25) is 5.91 Å². The maximum Gasteiger partial charge on any atom is 0.243 e. The molecule has 1 atom stereocenters. The highest BCUT2D eigenvalue weighted by atomic mass is 16.5. The van der Waals surface area contributed by atoms with Gasteiger partial charge in [-0.15, -0.1) is 0 Å². The summed E-state index contributed by atoms with van der Waals surface area (Å²) in [6, 6.07) is 7.49. The molecule has 0 saturated carbocycles. The topological polar surface area (TPSA) is 50.4 Å². The standard InChI is InChI=1S/C12H16N2O2/c1-9-4-2-3-5-10(9)14-12(15)11-8-16-7-6-13-11/h2-5,11,13H,6-8H2,1H3,(H,14,15). The summed E-state index contributed by atoms with van der Waals surface area (Å²) in [6.45, 7) is 3.82. The van der Waals surface area contributed by atoms with Crippen LogP contribution in [0.2, 0.25) is 0 Å². The normalized spacial score (nSPS) is 20.4. The Morgan fingerprint density at radius 3 is 3.00 bits per heavy atom. The lowest BCUT2D eigenvalue weighted by Gasteiger charge is -2.23. The van der Waals surface area contributed by atoms with Crippen LogP contribution in [0.5, 0.6) is 0 Å². The number of amides is 1. The van der Waals surface area contributed by atoms with E-state index in [9.17, 15) is 4.79 Å². The lowest BCUT2D eigenvalue weighted by molar-refractivity contribution is -0.120. The molecule has 1 aliphatic heterocycles. The van der Waals surface area contributed by atoms with E-state index in [1.54, 1.807) is 0 Å². The molecule has 2 rings (SSSR count). The average Bonchev–Trinajstić information content (AvgIpc) is 2.33. The summed E-state index contributed by atoms with van der Waals surface area (Å²) in [5.74, 6) is -0.0333. The zero-order valence-corrected chi connectivity index (χ0v) is 9.32. The van der Waals surface area contributed by atoms with Gasteiger partial charge in [0, 0.05) is 12.2 Å². The molecule has 4 heteroatoms. The number of benzene rings is 1. The summed E-state index contributed by atoms with van der Waals surface area (Å²) in [6.07, 6.45) is 0. The lowest BCUT2D eigenvalue weighted by atomic mass is 10.2. The molecule has 1 unspecified atom stereocenters. The van der Waals surface area contributed by atoms with Gasteiger partial charge in [-0.2, -0.15) is 0 Å². The Morgan fingerprint density at radius 1 is 1.50 bits per heavy atom. The molecular formula is C12H16N2O2. The maximum atomic E-state index is 11.9. The number of anilines is 1. The second-order valence-electron chi connectivity index (χ2n) is 3.89. The third kappa shape index (κ3) is 2.59. The van der Waals surface area contributed by atoms with Gasteiger partial charge >= 0.3 is 0 Å². The van der Waals surface area contributed by atoms with Crippen molar-refractivity contribution >= 4 is 11.6 Å². The van der Waals surface area contributed by atoms with Crippen LogP contribution in [-0.2, 0) is 9.53 Å². The summed E-state index contributed by atoms with van der Waals surface area (Å²) in [4.78, 5) is 11.9. The molecule has 86 valence electrons. The fourth-order valence-corrected chi connectivity index (χ4v) is 1.67. The van der Waals surface area contributed by atoms with Crippen LogP contribution < -0.4 is 10.6 Å². The quantitative estimate of drug-likeness (QED) is 0.779. The molecule has 1 saturated heterocycles. The Labute approximate surface area is 95.0 Å². The number of morpholine rings is 1. The van der Waals surface area contributed by atoms with E-state index < -0.39 is 0 Å². The minimum Gasteiger partial charge on any atom is -0.378 e. The monoisotopic (exact) mass is 220 g/mol. The first-order valence-electron chi connectivity index (χ1n) is 5.45. The van der Waals surface area contributed by atoms with E-state index >= 15 is 0 Å². The van der Waals surface area contributed by atoms with Crippen molar-refractivity contribution in [1.29, 1.82) is 0 Å². The molecule has 0 bridgehead atoms. The highest BCUT2D eigenvalue weighted by molar-refractivity contribution is 5.95. The van der Waals surface area contributed by atoms with E-state index in [2.05, 4.69) is 10.6 Å². The number of hydrogen-bond donors (Lipinski definition) is 2. The van der Waals surface area contributed by atoms with E-state index in [1.807, 2.05) is 31.2 Å². The Kier molecular flexibility index (Phi) is 3.54. The molecule has 0 radical (unpaired) electrons. The second kappa shape index (κ2) is 5.09. The molecule has 1 heterocycles. The fraction of sp³-hybridized carbons (Fsp3) is 0.417. The zero-order chi connectivity index (χ0) is 11.4. The van der Waals surface area contributed by atoms with Crippen LogP contribution in [0.3, 0.4) is 0 Å². The molecule has 2 N–H and O–H groups in total. The first-order valence-corrected chi connectivity index (χ1v) is 5.45. The van der Waals surface area contributed by atoms with Crippen molar-refractivity contribution in [2.24, 2.45) is 0 Å². The maximum absolute atomic E-state index is 11.9. The second-order valence-corrected chi connectivity index (χ2v) is 3.89. The van der Waals surface area contributed by atoms with E-state index in [0.717, 1.165) is 17.8 Å². The third-order valence-electron chi connectivity index (χ3n) is 2.64. The minimum atomic E-state index is -0.242. The van der Waals surface area contributed by atoms with Crippen molar-refractivity contribution in [3.8, 4) is 0 Å². The Morgan fingerprint density at radius 2 is 2.31 bits per heavy atom. The molecule has 1 aromatic carbocycles. The fourth-order valence-electron chi connectivity index (χ4n) is 1.67. The highest BCUT2D eigenvalue weighted by Crippen LogP contribution is 2.13. The summed E-state index contributed by atoms with van der Waals surface area (Å²) in [5, 5.41) is 6.02. The summed E-state index contributed by atoms with van der Waals surface area (Å²) < 4.78 is 5.25. The molecular weight excluding hydrogens is 204 g/mol. The van der Waals surface area contributed by atoms with Crippen molar-refractivity contribution in [3.63, 3.8) is 0 Å². The van der Waals surface area contributed by atoms with Crippen LogP contribution in [-0.4, -0.2) is 31.7 Å². The first kappa shape index (κ1) is 11.1. The van der Waals surface area contributed by atoms with Gasteiger partial charge in [0.1, 0.15) is 6.04 Å². The number of nitrogens with one attached hydrogen (secondary N) is 2. The van der Waals surface area contributed by atoms with Crippen molar-refractivity contribution in [2.75, 3.05) is 25.1 Å². The number of rotatable bonds is 2. The SMILES string of the molecule is Cc1ccccc1NC(=O)C1COCCN1. The predicted octanol–water partition coefficient (Wildman–Crippen LogP) is 0.922. The van der Waals surface area contributed by atoms with E-state index in [4.69, 9.17) is 4.74 Å². The molecule has 1 fully saturated rings. The third-order valence-corrected chi connectivity index (χ3v) is 2.64. The molecule has 0 aliphatic carbocycles. The predicted molar refractivity (Wildman–Crippen MR) is 62.4 cm³/mol. The first-order chi connectivity index (χ1) is 7.77. The van der Waals surface area contributed by atoms with Crippen molar-refractivity contribution < 1.29 is 9.53 Å². The largest absolute Gasteiger partial charge is 0.378 e. The van der Waals surface area contributed by atoms with Crippen molar-refractivity contribution in [1.82, 2.24) is 5.32 Å². The number of para-hydroxylation sites is 1. The molecule has 0 spiro atoms. The van der Waals surface area contributed by atoms with Gasteiger partial charge in [0.25, 0.3) is 0 Å². The number of hydrogen-bond acceptors (Lipinski definition) is 3. The Hall–Kier alpha value is -1.39. The van der Waals surface area contributed by atoms with Gasteiger partial charge in [-0.25, -0.2) is 0 Å². The number of carbonyl (C=O) groups excluding carboxylic acids is 1. The molecule has 1 aromatic rings. The van der Waals surface area contributed by atoms with Crippen molar-refractivity contribution in [3.05, 3.63) is 29.8 Å².